The van der Waals surface area contributed by atoms with Crippen molar-refractivity contribution in [3.8, 4) is 11.5 Å². The molecule has 0 radical (unpaired) electrons. The standard InChI is InChI=1S/C22H25N3O4/c1-16(23-21(26)18-5-3-2-4-6-18)22(27)25-11-9-24(10-12-25)14-17-7-8-19-20(13-17)29-15-28-19/h2-8,13,16H,9-12,14-15H2,1H3,(H,23,26)/t16-/m1/s1. The zero-order valence-electron chi connectivity index (χ0n) is 16.5. The maximum Gasteiger partial charge on any atom is 0.251 e. The summed E-state index contributed by atoms with van der Waals surface area (Å²) in [6.07, 6.45) is 0. The maximum absolute atomic E-state index is 12.7. The lowest BCUT2D eigenvalue weighted by Crippen LogP contribution is -2.53. The number of carbonyl (C=O) groups is 2. The number of hydrogen-bond donors (Lipinski definition) is 1. The van der Waals surface area contributed by atoms with Crippen LogP contribution in [0.3, 0.4) is 0 Å². The number of hydrogen-bond acceptors (Lipinski definition) is 5. The SMILES string of the molecule is C[C@@H](NC(=O)c1ccccc1)C(=O)N1CCN(Cc2ccc3c(c2)OCO3)CC1. The van der Waals surface area contributed by atoms with Crippen LogP contribution < -0.4 is 14.8 Å². The molecule has 7 nitrogen and oxygen atoms in total. The number of amides is 2. The van der Waals surface area contributed by atoms with Gasteiger partial charge in [-0.3, -0.25) is 14.5 Å². The zero-order chi connectivity index (χ0) is 20.2. The summed E-state index contributed by atoms with van der Waals surface area (Å²) in [5, 5.41) is 2.80. The Labute approximate surface area is 170 Å². The number of carbonyl (C=O) groups excluding carboxylic acids is 2. The number of ether oxygens (including phenoxy) is 2. The number of rotatable bonds is 5. The van der Waals surface area contributed by atoms with E-state index in [1.807, 2.05) is 29.2 Å². The second kappa shape index (κ2) is 8.53. The molecule has 2 amide bonds. The van der Waals surface area contributed by atoms with Crippen molar-refractivity contribution >= 4 is 11.8 Å². The van der Waals surface area contributed by atoms with Crippen molar-refractivity contribution in [1.82, 2.24) is 15.1 Å². The Morgan fingerprint density at radius 1 is 1.00 bits per heavy atom. The molecule has 0 spiro atoms. The molecule has 2 aliphatic heterocycles. The molecule has 29 heavy (non-hydrogen) atoms. The van der Waals surface area contributed by atoms with Crippen molar-refractivity contribution in [1.29, 1.82) is 0 Å². The van der Waals surface area contributed by atoms with Crippen LogP contribution in [0.4, 0.5) is 0 Å². The van der Waals surface area contributed by atoms with Gasteiger partial charge in [0.1, 0.15) is 6.04 Å². The van der Waals surface area contributed by atoms with Gasteiger partial charge in [-0.2, -0.15) is 0 Å². The lowest BCUT2D eigenvalue weighted by atomic mass is 10.1. The average Bonchev–Trinajstić information content (AvgIpc) is 3.22. The molecule has 1 fully saturated rings. The molecule has 2 aliphatic rings. The Kier molecular flexibility index (Phi) is 5.67. The molecule has 2 aromatic carbocycles. The van der Waals surface area contributed by atoms with Gasteiger partial charge in [-0.1, -0.05) is 24.3 Å². The van der Waals surface area contributed by atoms with E-state index in [0.717, 1.165) is 36.7 Å². The molecule has 7 heteroatoms. The average molecular weight is 395 g/mol. The monoisotopic (exact) mass is 395 g/mol. The summed E-state index contributed by atoms with van der Waals surface area (Å²) >= 11 is 0. The highest BCUT2D eigenvalue weighted by Crippen LogP contribution is 2.32. The highest BCUT2D eigenvalue weighted by Gasteiger charge is 2.26. The van der Waals surface area contributed by atoms with E-state index in [1.54, 1.807) is 31.2 Å². The van der Waals surface area contributed by atoms with Gasteiger partial charge in [-0.05, 0) is 36.8 Å². The van der Waals surface area contributed by atoms with Crippen LogP contribution in [0.15, 0.2) is 48.5 Å². The quantitative estimate of drug-likeness (QED) is 0.837. The first-order valence-corrected chi connectivity index (χ1v) is 9.86. The molecule has 2 aromatic rings. The lowest BCUT2D eigenvalue weighted by Gasteiger charge is -2.36. The predicted octanol–water partition coefficient (Wildman–Crippen LogP) is 1.88. The highest BCUT2D eigenvalue weighted by atomic mass is 16.7. The van der Waals surface area contributed by atoms with Gasteiger partial charge in [-0.15, -0.1) is 0 Å². The minimum atomic E-state index is -0.553. The van der Waals surface area contributed by atoms with Gasteiger partial charge in [-0.25, -0.2) is 0 Å². The second-order valence-corrected chi connectivity index (χ2v) is 7.35. The van der Waals surface area contributed by atoms with Gasteiger partial charge in [0.2, 0.25) is 12.7 Å². The molecule has 0 aliphatic carbocycles. The van der Waals surface area contributed by atoms with Crippen molar-refractivity contribution in [3.63, 3.8) is 0 Å². The van der Waals surface area contributed by atoms with Gasteiger partial charge in [0, 0.05) is 38.3 Å². The molecule has 1 saturated heterocycles. The molecule has 4 rings (SSSR count). The number of fused-ring (bicyclic) bond motifs is 1. The van der Waals surface area contributed by atoms with Gasteiger partial charge < -0.3 is 19.7 Å². The lowest BCUT2D eigenvalue weighted by molar-refractivity contribution is -0.134. The smallest absolute Gasteiger partial charge is 0.251 e. The first-order valence-electron chi connectivity index (χ1n) is 9.86. The highest BCUT2D eigenvalue weighted by molar-refractivity contribution is 5.97. The molecular formula is C22H25N3O4. The molecule has 0 aromatic heterocycles. The first-order chi connectivity index (χ1) is 14.1. The summed E-state index contributed by atoms with van der Waals surface area (Å²) in [7, 11) is 0. The van der Waals surface area contributed by atoms with Crippen LogP contribution in [-0.2, 0) is 11.3 Å². The zero-order valence-corrected chi connectivity index (χ0v) is 16.5. The van der Waals surface area contributed by atoms with E-state index < -0.39 is 6.04 Å². The Morgan fingerprint density at radius 3 is 2.48 bits per heavy atom. The van der Waals surface area contributed by atoms with Gasteiger partial charge >= 0.3 is 0 Å². The van der Waals surface area contributed by atoms with Crippen LogP contribution in [0.5, 0.6) is 11.5 Å². The molecule has 0 unspecified atom stereocenters. The number of benzene rings is 2. The van der Waals surface area contributed by atoms with E-state index in [1.165, 1.54) is 0 Å². The Balaban J connectivity index is 1.26. The van der Waals surface area contributed by atoms with E-state index in [0.29, 0.717) is 18.7 Å². The van der Waals surface area contributed by atoms with Crippen LogP contribution in [0.2, 0.25) is 0 Å². The summed E-state index contributed by atoms with van der Waals surface area (Å²) in [4.78, 5) is 29.1. The normalized spacial score (nSPS) is 17.1. The summed E-state index contributed by atoms with van der Waals surface area (Å²) < 4.78 is 10.8. The topological polar surface area (TPSA) is 71.1 Å². The number of nitrogens with one attached hydrogen (secondary N) is 1. The van der Waals surface area contributed by atoms with Crippen LogP contribution in [-0.4, -0.2) is 60.6 Å². The first kappa shape index (κ1) is 19.3. The number of piperazine rings is 1. The van der Waals surface area contributed by atoms with Crippen molar-refractivity contribution in [2.45, 2.75) is 19.5 Å². The molecular weight excluding hydrogens is 370 g/mol. The fraction of sp³-hybridized carbons (Fsp3) is 0.364. The number of nitrogens with zero attached hydrogens (tertiary/aromatic N) is 2. The fourth-order valence-corrected chi connectivity index (χ4v) is 3.63. The minimum Gasteiger partial charge on any atom is -0.454 e. The third kappa shape index (κ3) is 4.51. The second-order valence-electron chi connectivity index (χ2n) is 7.35. The van der Waals surface area contributed by atoms with Crippen LogP contribution in [0, 0.1) is 0 Å². The molecule has 0 bridgehead atoms. The van der Waals surface area contributed by atoms with Crippen LogP contribution in [0.1, 0.15) is 22.8 Å². The summed E-state index contributed by atoms with van der Waals surface area (Å²) in [5.74, 6) is 1.31. The predicted molar refractivity (Wildman–Crippen MR) is 108 cm³/mol. The summed E-state index contributed by atoms with van der Waals surface area (Å²) in [6, 6.07) is 14.4. The van der Waals surface area contributed by atoms with E-state index in [-0.39, 0.29) is 18.6 Å². The van der Waals surface area contributed by atoms with Gasteiger partial charge in [0.25, 0.3) is 5.91 Å². The van der Waals surface area contributed by atoms with Crippen molar-refractivity contribution < 1.29 is 19.1 Å². The third-order valence-electron chi connectivity index (χ3n) is 5.28. The largest absolute Gasteiger partial charge is 0.454 e. The summed E-state index contributed by atoms with van der Waals surface area (Å²) in [6.45, 7) is 5.70. The Hall–Kier alpha value is -3.06. The molecule has 1 atom stereocenters. The van der Waals surface area contributed by atoms with Crippen molar-refractivity contribution in [2.75, 3.05) is 33.0 Å². The summed E-state index contributed by atoms with van der Waals surface area (Å²) in [5.41, 5.74) is 1.72. The van der Waals surface area contributed by atoms with E-state index in [2.05, 4.69) is 10.2 Å². The van der Waals surface area contributed by atoms with E-state index in [4.69, 9.17) is 9.47 Å². The molecule has 0 saturated carbocycles. The van der Waals surface area contributed by atoms with Gasteiger partial charge in [0.05, 0.1) is 0 Å². The molecule has 152 valence electrons. The van der Waals surface area contributed by atoms with Gasteiger partial charge in [0.15, 0.2) is 11.5 Å². The fourth-order valence-electron chi connectivity index (χ4n) is 3.63. The molecule has 1 N–H and O–H groups in total. The Morgan fingerprint density at radius 2 is 1.72 bits per heavy atom. The van der Waals surface area contributed by atoms with Crippen molar-refractivity contribution in [2.24, 2.45) is 0 Å². The maximum atomic E-state index is 12.7. The van der Waals surface area contributed by atoms with Crippen LogP contribution >= 0.6 is 0 Å². The van der Waals surface area contributed by atoms with Crippen molar-refractivity contribution in [3.05, 3.63) is 59.7 Å². The minimum absolute atomic E-state index is 0.0444. The Bertz CT molecular complexity index is 879. The van der Waals surface area contributed by atoms with E-state index >= 15 is 0 Å². The van der Waals surface area contributed by atoms with Crippen LogP contribution in [0.25, 0.3) is 0 Å². The van der Waals surface area contributed by atoms with E-state index in [9.17, 15) is 9.59 Å². The third-order valence-corrected chi connectivity index (χ3v) is 5.28. The molecule has 2 heterocycles.